The fraction of sp³-hybridized carbons (Fsp3) is 0.393. The van der Waals surface area contributed by atoms with Crippen molar-refractivity contribution in [3.8, 4) is 0 Å². The lowest BCUT2D eigenvalue weighted by Crippen LogP contribution is -2.49. The summed E-state index contributed by atoms with van der Waals surface area (Å²) in [6.45, 7) is 4.30. The summed E-state index contributed by atoms with van der Waals surface area (Å²) in [5.41, 5.74) is 1.37. The molecular weight excluding hydrogens is 493 g/mol. The molecule has 9 nitrogen and oxygen atoms in total. The van der Waals surface area contributed by atoms with E-state index in [9.17, 15) is 28.4 Å². The third kappa shape index (κ3) is 5.44. The summed E-state index contributed by atoms with van der Waals surface area (Å²) in [5, 5.41) is 2.67. The molecule has 10 heteroatoms. The summed E-state index contributed by atoms with van der Waals surface area (Å²) in [5.74, 6) is -1.80. The van der Waals surface area contributed by atoms with Crippen LogP contribution in [0.3, 0.4) is 0 Å². The first-order valence-corrected chi connectivity index (χ1v) is 12.4. The second-order valence-electron chi connectivity index (χ2n) is 9.89. The average molecular weight is 524 g/mol. The molecule has 0 bridgehead atoms. The highest BCUT2D eigenvalue weighted by Crippen LogP contribution is 2.45. The van der Waals surface area contributed by atoms with Crippen molar-refractivity contribution in [2.24, 2.45) is 0 Å². The summed E-state index contributed by atoms with van der Waals surface area (Å²) in [4.78, 5) is 65.1. The molecule has 2 atom stereocenters. The average Bonchev–Trinajstić information content (AvgIpc) is 3.33. The Kier molecular flexibility index (Phi) is 7.61. The molecule has 0 unspecified atom stereocenters. The van der Waals surface area contributed by atoms with Gasteiger partial charge in [0.2, 0.25) is 17.4 Å². The number of rotatable bonds is 9. The van der Waals surface area contributed by atoms with Gasteiger partial charge >= 0.3 is 6.09 Å². The molecule has 1 fully saturated rings. The van der Waals surface area contributed by atoms with Crippen LogP contribution >= 0.6 is 0 Å². The van der Waals surface area contributed by atoms with Crippen LogP contribution in [0.25, 0.3) is 0 Å². The third-order valence-electron chi connectivity index (χ3n) is 6.94. The van der Waals surface area contributed by atoms with Crippen LogP contribution < -0.4 is 5.32 Å². The first-order chi connectivity index (χ1) is 18.0. The van der Waals surface area contributed by atoms with E-state index in [2.05, 4.69) is 5.32 Å². The molecule has 38 heavy (non-hydrogen) atoms. The topological polar surface area (TPSA) is 113 Å². The predicted molar refractivity (Wildman–Crippen MR) is 134 cm³/mol. The van der Waals surface area contributed by atoms with Gasteiger partial charge < -0.3 is 15.0 Å². The Balaban J connectivity index is 1.54. The number of carbonyl (C=O) groups is 5. The monoisotopic (exact) mass is 523 g/mol. The van der Waals surface area contributed by atoms with Crippen molar-refractivity contribution in [2.75, 3.05) is 13.1 Å². The van der Waals surface area contributed by atoms with Gasteiger partial charge in [0.25, 0.3) is 5.91 Å². The van der Waals surface area contributed by atoms with Crippen molar-refractivity contribution in [1.82, 2.24) is 15.1 Å². The molecule has 1 aliphatic heterocycles. The maximum absolute atomic E-state index is 13.6. The Morgan fingerprint density at radius 1 is 1.11 bits per heavy atom. The van der Waals surface area contributed by atoms with E-state index in [1.165, 1.54) is 30.9 Å². The Morgan fingerprint density at radius 2 is 1.79 bits per heavy atom. The lowest BCUT2D eigenvalue weighted by molar-refractivity contribution is -0.143. The van der Waals surface area contributed by atoms with Crippen LogP contribution in [-0.4, -0.2) is 58.5 Å². The van der Waals surface area contributed by atoms with Gasteiger partial charge in [0.15, 0.2) is 0 Å². The Morgan fingerprint density at radius 3 is 2.45 bits per heavy atom. The van der Waals surface area contributed by atoms with Crippen LogP contribution in [-0.2, 0) is 48.9 Å². The van der Waals surface area contributed by atoms with Crippen LogP contribution in [0.1, 0.15) is 49.4 Å². The van der Waals surface area contributed by atoms with Crippen molar-refractivity contribution in [1.29, 1.82) is 0 Å². The summed E-state index contributed by atoms with van der Waals surface area (Å²) in [6.07, 6.45) is 0.112. The van der Waals surface area contributed by atoms with E-state index in [1.807, 2.05) is 6.07 Å². The SMILES string of the molecule is CC(=O)Cc1ccc2c(c1)CC[C@@]21OC(=O)N(CC(=O)N(Cc2ccc(F)cc2)[C@@H](C)CNC(C)=O)C1=O. The molecule has 4 rings (SSSR count). The number of ketones is 1. The number of Topliss-reactive ketones (excluding diaryl/α,β-unsaturated/α-hetero) is 1. The molecule has 2 aromatic carbocycles. The van der Waals surface area contributed by atoms with Gasteiger partial charge in [0.1, 0.15) is 18.1 Å². The number of amides is 4. The van der Waals surface area contributed by atoms with Gasteiger partial charge in [-0.05, 0) is 49.1 Å². The molecule has 0 saturated carbocycles. The van der Waals surface area contributed by atoms with Crippen LogP contribution in [0.5, 0.6) is 0 Å². The number of carbonyl (C=O) groups excluding carboxylic acids is 5. The standard InChI is InChI=1S/C28H30FN3O6/c1-17(14-30-19(3)34)31(15-20-4-7-23(29)8-5-20)25(35)16-32-26(36)28(38-27(32)37)11-10-22-13-21(12-18(2)33)6-9-24(22)28/h4-9,13,17H,10-12,14-16H2,1-3H3,(H,30,34)/t17-,28+/m0/s1. The lowest BCUT2D eigenvalue weighted by Gasteiger charge is -2.30. The number of hydrogen-bond acceptors (Lipinski definition) is 6. The number of halogens is 1. The van der Waals surface area contributed by atoms with Crippen molar-refractivity contribution >= 4 is 29.6 Å². The van der Waals surface area contributed by atoms with E-state index in [0.29, 0.717) is 17.5 Å². The summed E-state index contributed by atoms with van der Waals surface area (Å²) in [6, 6.07) is 10.5. The molecule has 2 aliphatic rings. The van der Waals surface area contributed by atoms with E-state index < -0.39 is 41.9 Å². The molecular formula is C28H30FN3O6. The van der Waals surface area contributed by atoms with Crippen LogP contribution in [0.4, 0.5) is 9.18 Å². The maximum Gasteiger partial charge on any atom is 0.418 e. The summed E-state index contributed by atoms with van der Waals surface area (Å²) < 4.78 is 19.0. The van der Waals surface area contributed by atoms with Gasteiger partial charge in [0, 0.05) is 44.5 Å². The van der Waals surface area contributed by atoms with Crippen molar-refractivity contribution in [2.45, 2.75) is 58.2 Å². The summed E-state index contributed by atoms with van der Waals surface area (Å²) >= 11 is 0. The molecule has 1 saturated heterocycles. The Labute approximate surface area is 219 Å². The number of nitrogens with one attached hydrogen (secondary N) is 1. The van der Waals surface area contributed by atoms with Crippen molar-refractivity contribution in [3.63, 3.8) is 0 Å². The van der Waals surface area contributed by atoms with Gasteiger partial charge in [-0.15, -0.1) is 0 Å². The normalized spacial score (nSPS) is 18.8. The van der Waals surface area contributed by atoms with Gasteiger partial charge in [-0.2, -0.15) is 0 Å². The number of fused-ring (bicyclic) bond motifs is 2. The highest BCUT2D eigenvalue weighted by atomic mass is 19.1. The molecule has 1 heterocycles. The van der Waals surface area contributed by atoms with Gasteiger partial charge in [-0.25, -0.2) is 14.1 Å². The van der Waals surface area contributed by atoms with Gasteiger partial charge in [-0.3, -0.25) is 19.2 Å². The minimum Gasteiger partial charge on any atom is -0.427 e. The van der Waals surface area contributed by atoms with Crippen molar-refractivity contribution in [3.05, 3.63) is 70.5 Å². The minimum atomic E-state index is -1.50. The van der Waals surface area contributed by atoms with E-state index >= 15 is 0 Å². The molecule has 0 aromatic heterocycles. The first-order valence-electron chi connectivity index (χ1n) is 12.4. The van der Waals surface area contributed by atoms with Crippen LogP contribution in [0.2, 0.25) is 0 Å². The second kappa shape index (κ2) is 10.7. The van der Waals surface area contributed by atoms with E-state index in [0.717, 1.165) is 16.0 Å². The minimum absolute atomic E-state index is 0.0173. The predicted octanol–water partition coefficient (Wildman–Crippen LogP) is 2.63. The maximum atomic E-state index is 13.6. The van der Waals surface area contributed by atoms with Gasteiger partial charge in [0.05, 0.1) is 0 Å². The zero-order valence-corrected chi connectivity index (χ0v) is 21.6. The zero-order valence-electron chi connectivity index (χ0n) is 21.6. The number of aryl methyl sites for hydroxylation is 1. The molecule has 0 radical (unpaired) electrons. The number of imide groups is 1. The fourth-order valence-corrected chi connectivity index (χ4v) is 5.01. The van der Waals surface area contributed by atoms with E-state index in [-0.39, 0.29) is 37.6 Å². The first kappa shape index (κ1) is 27.0. The molecule has 1 spiro atoms. The Hall–Kier alpha value is -4.08. The van der Waals surface area contributed by atoms with E-state index in [4.69, 9.17) is 4.74 Å². The highest BCUT2D eigenvalue weighted by molar-refractivity contribution is 6.06. The third-order valence-corrected chi connectivity index (χ3v) is 6.94. The molecule has 4 amide bonds. The fourth-order valence-electron chi connectivity index (χ4n) is 5.01. The molecule has 1 aliphatic carbocycles. The number of benzene rings is 2. The number of ether oxygens (including phenoxy) is 1. The van der Waals surface area contributed by atoms with Crippen LogP contribution in [0, 0.1) is 5.82 Å². The van der Waals surface area contributed by atoms with E-state index in [1.54, 1.807) is 31.2 Å². The smallest absolute Gasteiger partial charge is 0.418 e. The van der Waals surface area contributed by atoms with Crippen LogP contribution in [0.15, 0.2) is 42.5 Å². The van der Waals surface area contributed by atoms with Crippen molar-refractivity contribution < 1.29 is 33.1 Å². The molecule has 1 N–H and O–H groups in total. The lowest BCUT2D eigenvalue weighted by atomic mass is 9.93. The number of hydrogen-bond donors (Lipinski definition) is 1. The molecule has 2 aromatic rings. The second-order valence-corrected chi connectivity index (χ2v) is 9.89. The molecule has 200 valence electrons. The number of nitrogens with zero attached hydrogens (tertiary/aromatic N) is 2. The largest absolute Gasteiger partial charge is 0.427 e. The summed E-state index contributed by atoms with van der Waals surface area (Å²) in [7, 11) is 0. The van der Waals surface area contributed by atoms with Gasteiger partial charge in [-0.1, -0.05) is 30.3 Å². The quantitative estimate of drug-likeness (QED) is 0.541. The zero-order chi connectivity index (χ0) is 27.6. The highest BCUT2D eigenvalue weighted by Gasteiger charge is 2.58. The Bertz CT molecular complexity index is 1290.